The van der Waals surface area contributed by atoms with Crippen molar-refractivity contribution in [2.24, 2.45) is 13.0 Å². The molecule has 0 amide bonds. The molecule has 2 heterocycles. The number of hydrogen-bond acceptors (Lipinski definition) is 4. The zero-order valence-corrected chi connectivity index (χ0v) is 13.5. The fourth-order valence-electron chi connectivity index (χ4n) is 4.07. The molecule has 0 radical (unpaired) electrons. The molecule has 1 saturated carbocycles. The molecule has 124 valence electrons. The number of hydrogen-bond donors (Lipinski definition) is 0. The molecular formula is C18H23NO4. The standard InChI is InChI=1S/C18H23NO4/c1-19-10-4-5-13(17(19)22)8-9-18(14-6-2-3-7-14)12-15(20)11-16(21)23-18/h4-5,10,14H,2-3,6-9,11-12H2,1H3. The number of carbonyl (C=O) groups is 2. The van der Waals surface area contributed by atoms with E-state index in [0.717, 1.165) is 25.7 Å². The number of esters is 1. The average Bonchev–Trinajstić information content (AvgIpc) is 3.03. The van der Waals surface area contributed by atoms with E-state index < -0.39 is 11.6 Å². The molecule has 1 aliphatic heterocycles. The van der Waals surface area contributed by atoms with Crippen LogP contribution in [0.15, 0.2) is 23.1 Å². The second-order valence-corrected chi connectivity index (χ2v) is 6.86. The first-order chi connectivity index (χ1) is 11.0. The minimum Gasteiger partial charge on any atom is -0.458 e. The molecule has 1 unspecified atom stereocenters. The number of cyclic esters (lactones) is 1. The lowest BCUT2D eigenvalue weighted by atomic mass is 9.76. The molecule has 0 spiro atoms. The highest BCUT2D eigenvalue weighted by Gasteiger charge is 2.47. The number of ether oxygens (including phenoxy) is 1. The first kappa shape index (κ1) is 16.0. The molecular weight excluding hydrogens is 294 g/mol. The van der Waals surface area contributed by atoms with Crippen LogP contribution in [0.5, 0.6) is 0 Å². The molecule has 2 aliphatic rings. The molecule has 1 aromatic rings. The Balaban J connectivity index is 1.84. The highest BCUT2D eigenvalue weighted by molar-refractivity contribution is 5.98. The number of rotatable bonds is 4. The van der Waals surface area contributed by atoms with Crippen molar-refractivity contribution in [2.75, 3.05) is 0 Å². The predicted octanol–water partition coefficient (Wildman–Crippen LogP) is 2.15. The lowest BCUT2D eigenvalue weighted by Gasteiger charge is -2.41. The van der Waals surface area contributed by atoms with E-state index in [1.807, 2.05) is 12.1 Å². The summed E-state index contributed by atoms with van der Waals surface area (Å²) in [6, 6.07) is 3.66. The number of aromatic nitrogens is 1. The van der Waals surface area contributed by atoms with E-state index in [1.165, 1.54) is 0 Å². The van der Waals surface area contributed by atoms with Gasteiger partial charge in [0.2, 0.25) is 0 Å². The van der Waals surface area contributed by atoms with Crippen molar-refractivity contribution in [1.29, 1.82) is 0 Å². The van der Waals surface area contributed by atoms with E-state index in [1.54, 1.807) is 17.8 Å². The van der Waals surface area contributed by atoms with Crippen molar-refractivity contribution in [1.82, 2.24) is 4.57 Å². The summed E-state index contributed by atoms with van der Waals surface area (Å²) in [5, 5.41) is 0. The molecule has 0 N–H and O–H groups in total. The molecule has 2 fully saturated rings. The number of Topliss-reactive ketones (excluding diaryl/α,β-unsaturated/α-hetero) is 1. The largest absolute Gasteiger partial charge is 0.458 e. The van der Waals surface area contributed by atoms with Crippen LogP contribution in [0.1, 0.15) is 50.5 Å². The summed E-state index contributed by atoms with van der Waals surface area (Å²) >= 11 is 0. The molecule has 0 aromatic carbocycles. The van der Waals surface area contributed by atoms with Gasteiger partial charge in [-0.1, -0.05) is 18.9 Å². The molecule has 1 atom stereocenters. The molecule has 5 heteroatoms. The van der Waals surface area contributed by atoms with Crippen LogP contribution in [-0.2, 0) is 27.8 Å². The topological polar surface area (TPSA) is 65.4 Å². The van der Waals surface area contributed by atoms with Gasteiger partial charge in [0, 0.05) is 25.2 Å². The Kier molecular flexibility index (Phi) is 4.37. The van der Waals surface area contributed by atoms with Crippen molar-refractivity contribution in [3.8, 4) is 0 Å². The Bertz CT molecular complexity index is 654. The summed E-state index contributed by atoms with van der Waals surface area (Å²) in [5.74, 6) is -0.202. The molecule has 1 aromatic heterocycles. The number of nitrogens with zero attached hydrogens (tertiary/aromatic N) is 1. The fraction of sp³-hybridized carbons (Fsp3) is 0.611. The van der Waals surface area contributed by atoms with E-state index in [-0.39, 0.29) is 23.7 Å². The molecule has 1 saturated heterocycles. The maximum atomic E-state index is 12.2. The summed E-state index contributed by atoms with van der Waals surface area (Å²) in [6.45, 7) is 0. The van der Waals surface area contributed by atoms with Gasteiger partial charge in [0.25, 0.3) is 5.56 Å². The molecule has 5 nitrogen and oxygen atoms in total. The quantitative estimate of drug-likeness (QED) is 0.630. The predicted molar refractivity (Wildman–Crippen MR) is 85.0 cm³/mol. The number of aryl methyl sites for hydroxylation is 2. The fourth-order valence-corrected chi connectivity index (χ4v) is 4.07. The van der Waals surface area contributed by atoms with Gasteiger partial charge in [-0.05, 0) is 37.7 Å². The third-order valence-corrected chi connectivity index (χ3v) is 5.27. The highest BCUT2D eigenvalue weighted by atomic mass is 16.6. The first-order valence-electron chi connectivity index (χ1n) is 8.38. The summed E-state index contributed by atoms with van der Waals surface area (Å²) in [5.41, 5.74) is -0.0204. The summed E-state index contributed by atoms with van der Waals surface area (Å²) in [4.78, 5) is 36.1. The van der Waals surface area contributed by atoms with Crippen molar-refractivity contribution in [3.05, 3.63) is 34.2 Å². The summed E-state index contributed by atoms with van der Waals surface area (Å²) in [7, 11) is 1.72. The Hall–Kier alpha value is -1.91. The van der Waals surface area contributed by atoms with E-state index in [2.05, 4.69) is 0 Å². The van der Waals surface area contributed by atoms with E-state index in [4.69, 9.17) is 4.74 Å². The highest BCUT2D eigenvalue weighted by Crippen LogP contribution is 2.43. The van der Waals surface area contributed by atoms with Gasteiger partial charge < -0.3 is 9.30 Å². The average molecular weight is 317 g/mol. The van der Waals surface area contributed by atoms with Crippen molar-refractivity contribution in [3.63, 3.8) is 0 Å². The number of ketones is 1. The van der Waals surface area contributed by atoms with Crippen LogP contribution in [-0.4, -0.2) is 21.9 Å². The smallest absolute Gasteiger partial charge is 0.313 e. The molecule has 23 heavy (non-hydrogen) atoms. The first-order valence-corrected chi connectivity index (χ1v) is 8.38. The van der Waals surface area contributed by atoms with Crippen LogP contribution in [0.2, 0.25) is 0 Å². The molecule has 1 aliphatic carbocycles. The van der Waals surface area contributed by atoms with Gasteiger partial charge in [-0.3, -0.25) is 14.4 Å². The maximum absolute atomic E-state index is 12.2. The van der Waals surface area contributed by atoms with Gasteiger partial charge in [0.1, 0.15) is 17.8 Å². The van der Waals surface area contributed by atoms with Gasteiger partial charge in [0.15, 0.2) is 0 Å². The lowest BCUT2D eigenvalue weighted by Crippen LogP contribution is -2.48. The van der Waals surface area contributed by atoms with Gasteiger partial charge >= 0.3 is 5.97 Å². The van der Waals surface area contributed by atoms with Gasteiger partial charge in [0.05, 0.1) is 0 Å². The summed E-state index contributed by atoms with van der Waals surface area (Å²) in [6.07, 6.45) is 7.22. The van der Waals surface area contributed by atoms with E-state index >= 15 is 0 Å². The van der Waals surface area contributed by atoms with Gasteiger partial charge in [-0.15, -0.1) is 0 Å². The Labute approximate surface area is 135 Å². The van der Waals surface area contributed by atoms with E-state index in [9.17, 15) is 14.4 Å². The zero-order valence-electron chi connectivity index (χ0n) is 13.5. The lowest BCUT2D eigenvalue weighted by molar-refractivity contribution is -0.178. The van der Waals surface area contributed by atoms with Crippen molar-refractivity contribution < 1.29 is 14.3 Å². The normalized spacial score (nSPS) is 25.6. The summed E-state index contributed by atoms with van der Waals surface area (Å²) < 4.78 is 7.30. The Morgan fingerprint density at radius 2 is 2.00 bits per heavy atom. The van der Waals surface area contributed by atoms with Crippen LogP contribution in [0.3, 0.4) is 0 Å². The van der Waals surface area contributed by atoms with Crippen LogP contribution in [0, 0.1) is 5.92 Å². The molecule has 0 bridgehead atoms. The number of pyridine rings is 1. The minimum atomic E-state index is -0.705. The monoisotopic (exact) mass is 317 g/mol. The third kappa shape index (κ3) is 3.23. The van der Waals surface area contributed by atoms with Crippen LogP contribution in [0.25, 0.3) is 0 Å². The third-order valence-electron chi connectivity index (χ3n) is 5.27. The van der Waals surface area contributed by atoms with Crippen LogP contribution < -0.4 is 5.56 Å². The Morgan fingerprint density at radius 3 is 2.70 bits per heavy atom. The zero-order chi connectivity index (χ0) is 16.4. The number of carbonyl (C=O) groups excluding carboxylic acids is 2. The van der Waals surface area contributed by atoms with Gasteiger partial charge in [-0.25, -0.2) is 0 Å². The SMILES string of the molecule is Cn1cccc(CCC2(C3CCCC3)CC(=O)CC(=O)O2)c1=O. The van der Waals surface area contributed by atoms with Crippen molar-refractivity contribution in [2.45, 2.75) is 57.0 Å². The minimum absolute atomic E-state index is 0.0254. The van der Waals surface area contributed by atoms with E-state index in [0.29, 0.717) is 24.8 Å². The van der Waals surface area contributed by atoms with Crippen LogP contribution >= 0.6 is 0 Å². The second kappa shape index (κ2) is 6.30. The van der Waals surface area contributed by atoms with Crippen molar-refractivity contribution >= 4 is 11.8 Å². The second-order valence-electron chi connectivity index (χ2n) is 6.86. The van der Waals surface area contributed by atoms with Gasteiger partial charge in [-0.2, -0.15) is 0 Å². The molecule has 3 rings (SSSR count). The van der Waals surface area contributed by atoms with Crippen LogP contribution in [0.4, 0.5) is 0 Å². The maximum Gasteiger partial charge on any atom is 0.313 e. The Morgan fingerprint density at radius 1 is 1.26 bits per heavy atom.